The number of imide groups is 1. The van der Waals surface area contributed by atoms with Crippen LogP contribution in [0.2, 0.25) is 0 Å². The highest BCUT2D eigenvalue weighted by atomic mass is 16.5. The number of nitrogens with one attached hydrogen (secondary N) is 1. The van der Waals surface area contributed by atoms with Gasteiger partial charge in [0, 0.05) is 6.54 Å². The van der Waals surface area contributed by atoms with Crippen LogP contribution in [0.1, 0.15) is 20.7 Å². The van der Waals surface area contributed by atoms with Crippen LogP contribution < -0.4 is 5.32 Å². The Labute approximate surface area is 98.4 Å². The molecule has 2 amide bonds. The molecular formula is C12H12N2O3. The van der Waals surface area contributed by atoms with Gasteiger partial charge in [-0.1, -0.05) is 12.1 Å². The summed E-state index contributed by atoms with van der Waals surface area (Å²) >= 11 is 0. The number of carbonyl (C=O) groups excluding carboxylic acids is 2. The largest absolute Gasteiger partial charge is 0.360 e. The molecule has 1 N–H and O–H groups in total. The third-order valence-corrected chi connectivity index (χ3v) is 3.06. The van der Waals surface area contributed by atoms with Crippen LogP contribution in [0.5, 0.6) is 0 Å². The standard InChI is InChI=1S/C12H12N2O3/c15-11-9-3-1-2-4-10(9)12(16)14(11)6-8-5-13-7-17-8/h1-4,8,13H,5-7H2. The minimum atomic E-state index is -0.221. The van der Waals surface area contributed by atoms with E-state index in [0.717, 1.165) is 0 Å². The second-order valence-corrected chi connectivity index (χ2v) is 4.15. The number of fused-ring (bicyclic) bond motifs is 1. The van der Waals surface area contributed by atoms with Gasteiger partial charge < -0.3 is 4.74 Å². The van der Waals surface area contributed by atoms with Crippen molar-refractivity contribution in [2.24, 2.45) is 0 Å². The lowest BCUT2D eigenvalue weighted by atomic mass is 10.1. The summed E-state index contributed by atoms with van der Waals surface area (Å²) in [5, 5.41) is 3.03. The third kappa shape index (κ3) is 1.64. The van der Waals surface area contributed by atoms with E-state index in [-0.39, 0.29) is 17.9 Å². The Morgan fingerprint density at radius 1 is 1.24 bits per heavy atom. The van der Waals surface area contributed by atoms with Gasteiger partial charge in [0.2, 0.25) is 0 Å². The molecule has 2 aliphatic rings. The molecule has 0 saturated carbocycles. The van der Waals surface area contributed by atoms with Gasteiger partial charge in [-0.25, -0.2) is 0 Å². The van der Waals surface area contributed by atoms with E-state index < -0.39 is 0 Å². The molecule has 1 fully saturated rings. The summed E-state index contributed by atoms with van der Waals surface area (Å²) in [7, 11) is 0. The van der Waals surface area contributed by atoms with Crippen molar-refractivity contribution in [1.82, 2.24) is 10.2 Å². The van der Waals surface area contributed by atoms with Crippen LogP contribution in [-0.2, 0) is 4.74 Å². The maximum Gasteiger partial charge on any atom is 0.261 e. The first kappa shape index (κ1) is 10.4. The highest BCUT2D eigenvalue weighted by molar-refractivity contribution is 6.21. The molecule has 0 aromatic heterocycles. The van der Waals surface area contributed by atoms with Crippen molar-refractivity contribution in [2.75, 3.05) is 19.8 Å². The van der Waals surface area contributed by atoms with E-state index in [1.807, 2.05) is 0 Å². The molecule has 2 aliphatic heterocycles. The number of ether oxygens (including phenoxy) is 1. The number of amides is 2. The van der Waals surface area contributed by atoms with E-state index >= 15 is 0 Å². The molecule has 0 radical (unpaired) electrons. The summed E-state index contributed by atoms with van der Waals surface area (Å²) in [6.45, 7) is 1.47. The number of hydrogen-bond donors (Lipinski definition) is 1. The first-order chi connectivity index (χ1) is 8.27. The van der Waals surface area contributed by atoms with Crippen molar-refractivity contribution in [3.8, 4) is 0 Å². The summed E-state index contributed by atoms with van der Waals surface area (Å²) in [6.07, 6.45) is -0.0998. The highest BCUT2D eigenvalue weighted by Gasteiger charge is 2.36. The van der Waals surface area contributed by atoms with Gasteiger partial charge in [0.1, 0.15) is 0 Å². The second-order valence-electron chi connectivity index (χ2n) is 4.15. The maximum absolute atomic E-state index is 12.0. The fourth-order valence-electron chi connectivity index (χ4n) is 2.18. The number of nitrogens with zero attached hydrogens (tertiary/aromatic N) is 1. The first-order valence-electron chi connectivity index (χ1n) is 5.55. The quantitative estimate of drug-likeness (QED) is 0.741. The van der Waals surface area contributed by atoms with E-state index in [4.69, 9.17) is 4.74 Å². The zero-order valence-electron chi connectivity index (χ0n) is 9.18. The lowest BCUT2D eigenvalue weighted by Gasteiger charge is -2.17. The molecule has 0 bridgehead atoms. The van der Waals surface area contributed by atoms with E-state index in [1.165, 1.54) is 4.90 Å². The van der Waals surface area contributed by atoms with Crippen LogP contribution in [-0.4, -0.2) is 42.6 Å². The van der Waals surface area contributed by atoms with Gasteiger partial charge in [-0.15, -0.1) is 0 Å². The smallest absolute Gasteiger partial charge is 0.261 e. The van der Waals surface area contributed by atoms with Gasteiger partial charge in [-0.3, -0.25) is 19.8 Å². The minimum Gasteiger partial charge on any atom is -0.360 e. The van der Waals surface area contributed by atoms with Crippen LogP contribution in [0.25, 0.3) is 0 Å². The molecule has 2 heterocycles. The minimum absolute atomic E-state index is 0.0998. The molecule has 3 rings (SSSR count). The fraction of sp³-hybridized carbons (Fsp3) is 0.333. The van der Waals surface area contributed by atoms with Gasteiger partial charge in [0.05, 0.1) is 30.5 Å². The Kier molecular flexibility index (Phi) is 2.42. The van der Waals surface area contributed by atoms with Gasteiger partial charge >= 0.3 is 0 Å². The van der Waals surface area contributed by atoms with Crippen LogP contribution in [0.15, 0.2) is 24.3 Å². The van der Waals surface area contributed by atoms with Crippen LogP contribution >= 0.6 is 0 Å². The lowest BCUT2D eigenvalue weighted by Crippen LogP contribution is -2.38. The molecule has 1 aromatic carbocycles. The van der Waals surface area contributed by atoms with Gasteiger partial charge in [-0.05, 0) is 12.1 Å². The highest BCUT2D eigenvalue weighted by Crippen LogP contribution is 2.22. The molecule has 5 nitrogen and oxygen atoms in total. The molecule has 5 heteroatoms. The average Bonchev–Trinajstić information content (AvgIpc) is 2.94. The predicted octanol–water partition coefficient (Wildman–Crippen LogP) is 0.228. The lowest BCUT2D eigenvalue weighted by molar-refractivity contribution is 0.0488. The van der Waals surface area contributed by atoms with E-state index in [1.54, 1.807) is 24.3 Å². The number of hydrogen-bond acceptors (Lipinski definition) is 4. The second kappa shape index (κ2) is 3.94. The van der Waals surface area contributed by atoms with Crippen molar-refractivity contribution >= 4 is 11.8 Å². The van der Waals surface area contributed by atoms with Crippen LogP contribution in [0.3, 0.4) is 0 Å². The molecule has 1 unspecified atom stereocenters. The maximum atomic E-state index is 12.0. The monoisotopic (exact) mass is 232 g/mol. The fourth-order valence-corrected chi connectivity index (χ4v) is 2.18. The molecule has 1 saturated heterocycles. The van der Waals surface area contributed by atoms with Gasteiger partial charge in [0.15, 0.2) is 0 Å². The summed E-state index contributed by atoms with van der Waals surface area (Å²) < 4.78 is 5.35. The van der Waals surface area contributed by atoms with Crippen LogP contribution in [0, 0.1) is 0 Å². The third-order valence-electron chi connectivity index (χ3n) is 3.06. The molecular weight excluding hydrogens is 220 g/mol. The number of benzene rings is 1. The van der Waals surface area contributed by atoms with E-state index in [0.29, 0.717) is 30.9 Å². The van der Waals surface area contributed by atoms with Crippen molar-refractivity contribution in [3.63, 3.8) is 0 Å². The zero-order valence-corrected chi connectivity index (χ0v) is 9.18. The topological polar surface area (TPSA) is 58.6 Å². The van der Waals surface area contributed by atoms with Crippen molar-refractivity contribution in [2.45, 2.75) is 6.10 Å². The summed E-state index contributed by atoms with van der Waals surface area (Å²) in [5.74, 6) is -0.442. The summed E-state index contributed by atoms with van der Waals surface area (Å²) in [5.41, 5.74) is 0.979. The van der Waals surface area contributed by atoms with Crippen molar-refractivity contribution < 1.29 is 14.3 Å². The van der Waals surface area contributed by atoms with Crippen LogP contribution in [0.4, 0.5) is 0 Å². The van der Waals surface area contributed by atoms with Crippen molar-refractivity contribution in [3.05, 3.63) is 35.4 Å². The molecule has 0 aliphatic carbocycles. The Bertz CT molecular complexity index is 445. The number of carbonyl (C=O) groups is 2. The Morgan fingerprint density at radius 3 is 2.41 bits per heavy atom. The molecule has 88 valence electrons. The molecule has 1 atom stereocenters. The average molecular weight is 232 g/mol. The van der Waals surface area contributed by atoms with Crippen molar-refractivity contribution in [1.29, 1.82) is 0 Å². The van der Waals surface area contributed by atoms with Gasteiger partial charge in [-0.2, -0.15) is 0 Å². The zero-order chi connectivity index (χ0) is 11.8. The molecule has 1 aromatic rings. The normalized spacial score (nSPS) is 23.3. The van der Waals surface area contributed by atoms with E-state index in [9.17, 15) is 9.59 Å². The molecule has 17 heavy (non-hydrogen) atoms. The Hall–Kier alpha value is -1.72. The summed E-state index contributed by atoms with van der Waals surface area (Å²) in [4.78, 5) is 25.3. The molecule has 0 spiro atoms. The predicted molar refractivity (Wildman–Crippen MR) is 59.6 cm³/mol. The Balaban J connectivity index is 1.84. The SMILES string of the molecule is O=C1c2ccccc2C(=O)N1CC1CNCO1. The first-order valence-corrected chi connectivity index (χ1v) is 5.55. The number of rotatable bonds is 2. The van der Waals surface area contributed by atoms with Gasteiger partial charge in [0.25, 0.3) is 11.8 Å². The van der Waals surface area contributed by atoms with E-state index in [2.05, 4.69) is 5.32 Å². The Morgan fingerprint density at radius 2 is 1.88 bits per heavy atom. The summed E-state index contributed by atoms with van der Waals surface area (Å²) in [6, 6.07) is 6.90.